The maximum atomic E-state index is 12.6. The lowest BCUT2D eigenvalue weighted by atomic mass is 10.0. The van der Waals surface area contributed by atoms with Gasteiger partial charge in [-0.3, -0.25) is 9.59 Å². The van der Waals surface area contributed by atoms with E-state index in [0.717, 1.165) is 5.39 Å². The van der Waals surface area contributed by atoms with Crippen molar-refractivity contribution in [1.82, 2.24) is 4.90 Å². The largest absolute Gasteiger partial charge is 0.481 e. The van der Waals surface area contributed by atoms with Crippen LogP contribution in [0.2, 0.25) is 0 Å². The minimum absolute atomic E-state index is 0.129. The molecule has 6 nitrogen and oxygen atoms in total. The Hall–Kier alpha value is -2.34. The van der Waals surface area contributed by atoms with E-state index in [2.05, 4.69) is 0 Å². The summed E-state index contributed by atoms with van der Waals surface area (Å²) in [6.07, 6.45) is 1.41. The van der Waals surface area contributed by atoms with Crippen LogP contribution in [0.25, 0.3) is 11.0 Å². The highest BCUT2D eigenvalue weighted by Gasteiger charge is 2.39. The number of fused-ring (bicyclic) bond motifs is 1. The number of likely N-dealkylation sites (N-methyl/N-ethyl adjacent to an activating group) is 1. The molecule has 1 aliphatic rings. The molecule has 0 radical (unpaired) electrons. The van der Waals surface area contributed by atoms with Crippen molar-refractivity contribution in [3.8, 4) is 0 Å². The Morgan fingerprint density at radius 2 is 2.05 bits per heavy atom. The molecular formula is C15H15NO5. The highest BCUT2D eigenvalue weighted by atomic mass is 16.5. The van der Waals surface area contributed by atoms with E-state index < -0.39 is 17.9 Å². The van der Waals surface area contributed by atoms with E-state index in [1.54, 1.807) is 19.2 Å². The van der Waals surface area contributed by atoms with Gasteiger partial charge in [0.15, 0.2) is 0 Å². The number of hydrogen-bond donors (Lipinski definition) is 1. The number of nitrogens with zero attached hydrogens (tertiary/aromatic N) is 1. The molecule has 1 aromatic carbocycles. The third-order valence-electron chi connectivity index (χ3n) is 3.90. The number of hydrogen-bond acceptors (Lipinski definition) is 4. The zero-order valence-corrected chi connectivity index (χ0v) is 11.5. The number of benzene rings is 1. The predicted molar refractivity (Wildman–Crippen MR) is 74.0 cm³/mol. The number of carboxylic acids is 1. The van der Waals surface area contributed by atoms with Crippen LogP contribution in [0.1, 0.15) is 10.4 Å². The van der Waals surface area contributed by atoms with Gasteiger partial charge in [-0.1, -0.05) is 18.2 Å². The zero-order valence-electron chi connectivity index (χ0n) is 11.5. The molecule has 2 heterocycles. The molecule has 6 heteroatoms. The summed E-state index contributed by atoms with van der Waals surface area (Å²) in [5, 5.41) is 9.90. The van der Waals surface area contributed by atoms with Crippen LogP contribution < -0.4 is 0 Å². The first-order valence-electron chi connectivity index (χ1n) is 6.63. The molecule has 1 N–H and O–H groups in total. The van der Waals surface area contributed by atoms with Gasteiger partial charge < -0.3 is 19.2 Å². The molecule has 1 fully saturated rings. The number of carbonyl (C=O) groups is 2. The number of aliphatic carboxylic acids is 1. The van der Waals surface area contributed by atoms with Crippen molar-refractivity contribution in [2.24, 2.45) is 5.92 Å². The van der Waals surface area contributed by atoms with Gasteiger partial charge >= 0.3 is 5.97 Å². The lowest BCUT2D eigenvalue weighted by Gasteiger charge is -2.26. The lowest BCUT2D eigenvalue weighted by molar-refractivity contribution is -0.142. The molecular weight excluding hydrogens is 274 g/mol. The minimum Gasteiger partial charge on any atom is -0.481 e. The first-order chi connectivity index (χ1) is 10.1. The molecule has 1 aromatic heterocycles. The van der Waals surface area contributed by atoms with Gasteiger partial charge in [0.05, 0.1) is 24.8 Å². The summed E-state index contributed by atoms with van der Waals surface area (Å²) in [6, 6.07) is 6.77. The minimum atomic E-state index is -0.950. The summed E-state index contributed by atoms with van der Waals surface area (Å²) >= 11 is 0. The summed E-state index contributed by atoms with van der Waals surface area (Å²) in [6.45, 7) is 0.360. The quantitative estimate of drug-likeness (QED) is 0.928. The summed E-state index contributed by atoms with van der Waals surface area (Å²) in [4.78, 5) is 25.2. The van der Waals surface area contributed by atoms with Crippen molar-refractivity contribution in [2.45, 2.75) is 6.04 Å². The second-order valence-electron chi connectivity index (χ2n) is 5.11. The fraction of sp³-hybridized carbons (Fsp3) is 0.333. The Morgan fingerprint density at radius 1 is 1.29 bits per heavy atom. The Morgan fingerprint density at radius 3 is 2.81 bits per heavy atom. The molecule has 2 atom stereocenters. The van der Waals surface area contributed by atoms with Crippen molar-refractivity contribution in [2.75, 3.05) is 20.3 Å². The number of para-hydroxylation sites is 1. The molecule has 3 rings (SSSR count). The molecule has 1 aliphatic heterocycles. The molecule has 110 valence electrons. The first kappa shape index (κ1) is 13.6. The summed E-state index contributed by atoms with van der Waals surface area (Å²) in [7, 11) is 1.60. The zero-order chi connectivity index (χ0) is 15.0. The molecule has 1 saturated heterocycles. The average Bonchev–Trinajstić information content (AvgIpc) is 3.12. The van der Waals surface area contributed by atoms with Gasteiger partial charge in [-0.15, -0.1) is 0 Å². The van der Waals surface area contributed by atoms with Crippen molar-refractivity contribution in [1.29, 1.82) is 0 Å². The van der Waals surface area contributed by atoms with Gasteiger partial charge in [-0.2, -0.15) is 0 Å². The number of carbonyl (C=O) groups excluding carboxylic acids is 1. The number of ether oxygens (including phenoxy) is 1. The first-order valence-corrected chi connectivity index (χ1v) is 6.63. The fourth-order valence-electron chi connectivity index (χ4n) is 2.64. The van der Waals surface area contributed by atoms with Crippen LogP contribution in [0.3, 0.4) is 0 Å². The summed E-state index contributed by atoms with van der Waals surface area (Å²) in [5.74, 6) is -1.91. The van der Waals surface area contributed by atoms with Gasteiger partial charge in [0, 0.05) is 12.4 Å². The molecule has 21 heavy (non-hydrogen) atoms. The Labute approximate surface area is 120 Å². The standard InChI is InChI=1S/C15H15NO5/c1-16(12-8-20-6-11(12)15(18)19)14(17)10-7-21-13-5-3-2-4-9(10)13/h2-5,7,11-12H,6,8H2,1H3,(H,18,19). The second-order valence-corrected chi connectivity index (χ2v) is 5.11. The maximum absolute atomic E-state index is 12.6. The van der Waals surface area contributed by atoms with Crippen molar-refractivity contribution in [3.63, 3.8) is 0 Å². The van der Waals surface area contributed by atoms with Crippen LogP contribution in [0.15, 0.2) is 34.9 Å². The van der Waals surface area contributed by atoms with E-state index in [0.29, 0.717) is 11.1 Å². The number of rotatable bonds is 3. The van der Waals surface area contributed by atoms with Gasteiger partial charge in [0.1, 0.15) is 17.8 Å². The average molecular weight is 289 g/mol. The number of amides is 1. The van der Waals surface area contributed by atoms with Gasteiger partial charge in [0.25, 0.3) is 5.91 Å². The Kier molecular flexibility index (Phi) is 3.39. The van der Waals surface area contributed by atoms with E-state index in [4.69, 9.17) is 9.15 Å². The Balaban J connectivity index is 1.89. The molecule has 2 aromatic rings. The van der Waals surface area contributed by atoms with Gasteiger partial charge in [-0.25, -0.2) is 0 Å². The molecule has 0 spiro atoms. The number of furan rings is 1. The normalized spacial score (nSPS) is 21.6. The predicted octanol–water partition coefficient (Wildman–Crippen LogP) is 1.60. The lowest BCUT2D eigenvalue weighted by Crippen LogP contribution is -2.44. The maximum Gasteiger partial charge on any atom is 0.311 e. The highest BCUT2D eigenvalue weighted by Crippen LogP contribution is 2.25. The third-order valence-corrected chi connectivity index (χ3v) is 3.90. The topological polar surface area (TPSA) is 80.0 Å². The van der Waals surface area contributed by atoms with Crippen molar-refractivity contribution < 1.29 is 23.8 Å². The molecule has 2 unspecified atom stereocenters. The SMILES string of the molecule is CN(C(=O)c1coc2ccccc12)C1COCC1C(=O)O. The Bertz CT molecular complexity index is 692. The van der Waals surface area contributed by atoms with E-state index in [9.17, 15) is 14.7 Å². The van der Waals surface area contributed by atoms with Crippen LogP contribution in [-0.4, -0.2) is 48.2 Å². The van der Waals surface area contributed by atoms with Crippen molar-refractivity contribution >= 4 is 22.8 Å². The van der Waals surface area contributed by atoms with Gasteiger partial charge in [-0.05, 0) is 6.07 Å². The van der Waals surface area contributed by atoms with Crippen molar-refractivity contribution in [3.05, 3.63) is 36.1 Å². The number of carboxylic acid groups (broad SMARTS) is 1. The van der Waals surface area contributed by atoms with Crippen LogP contribution in [0.4, 0.5) is 0 Å². The van der Waals surface area contributed by atoms with Crippen LogP contribution in [-0.2, 0) is 9.53 Å². The highest BCUT2D eigenvalue weighted by molar-refractivity contribution is 6.06. The van der Waals surface area contributed by atoms with E-state index in [-0.39, 0.29) is 19.1 Å². The van der Waals surface area contributed by atoms with E-state index >= 15 is 0 Å². The molecule has 1 amide bonds. The molecule has 0 saturated carbocycles. The second kappa shape index (κ2) is 5.21. The molecule has 0 bridgehead atoms. The third kappa shape index (κ3) is 2.27. The summed E-state index contributed by atoms with van der Waals surface area (Å²) in [5.41, 5.74) is 1.07. The van der Waals surface area contributed by atoms with Crippen LogP contribution in [0.5, 0.6) is 0 Å². The van der Waals surface area contributed by atoms with Gasteiger partial charge in [0.2, 0.25) is 0 Å². The fourth-order valence-corrected chi connectivity index (χ4v) is 2.64. The van der Waals surface area contributed by atoms with E-state index in [1.165, 1.54) is 11.2 Å². The van der Waals surface area contributed by atoms with Crippen LogP contribution >= 0.6 is 0 Å². The molecule has 0 aliphatic carbocycles. The smallest absolute Gasteiger partial charge is 0.311 e. The summed E-state index contributed by atoms with van der Waals surface area (Å²) < 4.78 is 10.6. The van der Waals surface area contributed by atoms with Crippen LogP contribution in [0, 0.1) is 5.92 Å². The monoisotopic (exact) mass is 289 g/mol. The van der Waals surface area contributed by atoms with E-state index in [1.807, 2.05) is 12.1 Å².